The zero-order chi connectivity index (χ0) is 10.7. The lowest BCUT2D eigenvalue weighted by Crippen LogP contribution is -2.56. The van der Waals surface area contributed by atoms with Gasteiger partial charge in [-0.25, -0.2) is 0 Å². The van der Waals surface area contributed by atoms with Crippen LogP contribution < -0.4 is 5.32 Å². The second kappa shape index (κ2) is 5.75. The number of likely N-dealkylation sites (tertiary alicyclic amines) is 1. The van der Waals surface area contributed by atoms with Gasteiger partial charge in [0, 0.05) is 37.2 Å². The first-order valence-electron chi connectivity index (χ1n) is 5.16. The molecule has 0 aromatic rings. The van der Waals surface area contributed by atoms with Crippen molar-refractivity contribution in [2.75, 3.05) is 39.4 Å². The Bertz CT molecular complexity index is 203. The minimum absolute atomic E-state index is 0.385. The van der Waals surface area contributed by atoms with E-state index in [1.165, 1.54) is 0 Å². The summed E-state index contributed by atoms with van der Waals surface area (Å²) in [5.41, 5.74) is 0.463. The van der Waals surface area contributed by atoms with Crippen LogP contribution in [0, 0.1) is 0 Å². The molecule has 6 heteroatoms. The normalized spacial score (nSPS) is 33.2. The topological polar surface area (TPSA) is 33.7 Å². The molecule has 2 rings (SSSR count). The highest BCUT2D eigenvalue weighted by Gasteiger charge is 2.35. The molecule has 2 unspecified atom stereocenters. The minimum Gasteiger partial charge on any atom is -0.359 e. The summed E-state index contributed by atoms with van der Waals surface area (Å²) in [6.07, 6.45) is 0. The first-order valence-corrected chi connectivity index (χ1v) is 6.72. The number of thiol groups is 1. The van der Waals surface area contributed by atoms with Crippen LogP contribution in [0.4, 0.5) is 0 Å². The van der Waals surface area contributed by atoms with Gasteiger partial charge in [-0.3, -0.25) is 10.2 Å². The fourth-order valence-corrected chi connectivity index (χ4v) is 3.46. The third-order valence-electron chi connectivity index (χ3n) is 2.58. The summed E-state index contributed by atoms with van der Waals surface area (Å²) in [6.45, 7) is 3.31. The lowest BCUT2D eigenvalue weighted by molar-refractivity contribution is -0.0370. The molecule has 2 fully saturated rings. The summed E-state index contributed by atoms with van der Waals surface area (Å²) in [5.74, 6) is 1.11. The molecule has 0 aliphatic carbocycles. The van der Waals surface area contributed by atoms with E-state index < -0.39 is 0 Å². The van der Waals surface area contributed by atoms with Crippen molar-refractivity contribution in [3.8, 4) is 0 Å². The minimum atomic E-state index is 0.385. The summed E-state index contributed by atoms with van der Waals surface area (Å²) < 4.78 is 10.2. The lowest BCUT2D eigenvalue weighted by atomic mass is 10.2. The lowest BCUT2D eigenvalue weighted by Gasteiger charge is -2.40. The molecule has 1 N–H and O–H groups in total. The molecular formula is C9H18N2O2S2. The zero-order valence-corrected chi connectivity index (χ0v) is 10.6. The predicted octanol–water partition coefficient (Wildman–Crippen LogP) is 0.209. The Hall–Kier alpha value is 0.540. The van der Waals surface area contributed by atoms with E-state index in [2.05, 4.69) is 22.8 Å². The first-order chi connectivity index (χ1) is 7.29. The van der Waals surface area contributed by atoms with E-state index in [1.807, 2.05) is 11.8 Å². The van der Waals surface area contributed by atoms with Crippen LogP contribution in [-0.2, 0) is 9.47 Å². The molecule has 2 aliphatic rings. The number of ether oxygens (including phenoxy) is 2. The first kappa shape index (κ1) is 12.0. The largest absolute Gasteiger partial charge is 0.359 e. The fraction of sp³-hybridized carbons (Fsp3) is 1.00. The molecule has 2 atom stereocenters. The van der Waals surface area contributed by atoms with Gasteiger partial charge in [0.2, 0.25) is 0 Å². The Balaban J connectivity index is 1.62. The van der Waals surface area contributed by atoms with Crippen molar-refractivity contribution in [1.29, 1.82) is 0 Å². The maximum Gasteiger partial charge on any atom is 0.146 e. The Morgan fingerprint density at radius 1 is 1.53 bits per heavy atom. The van der Waals surface area contributed by atoms with E-state index in [1.54, 1.807) is 7.11 Å². The van der Waals surface area contributed by atoms with Gasteiger partial charge in [-0.1, -0.05) is 0 Å². The highest BCUT2D eigenvalue weighted by Crippen LogP contribution is 2.27. The molecule has 0 saturated carbocycles. The average Bonchev–Trinajstić information content (AvgIpc) is 2.62. The third-order valence-corrected chi connectivity index (χ3v) is 4.25. The van der Waals surface area contributed by atoms with Crippen LogP contribution in [0.2, 0.25) is 0 Å². The van der Waals surface area contributed by atoms with Crippen molar-refractivity contribution >= 4 is 24.4 Å². The van der Waals surface area contributed by atoms with Crippen molar-refractivity contribution in [1.82, 2.24) is 10.2 Å². The van der Waals surface area contributed by atoms with Gasteiger partial charge in [0.1, 0.15) is 12.3 Å². The van der Waals surface area contributed by atoms with E-state index in [9.17, 15) is 0 Å². The Labute approximate surface area is 100 Å². The molecule has 0 aromatic heterocycles. The molecule has 0 spiro atoms. The van der Waals surface area contributed by atoms with Gasteiger partial charge in [-0.2, -0.15) is 12.6 Å². The van der Waals surface area contributed by atoms with Crippen LogP contribution >= 0.6 is 24.4 Å². The van der Waals surface area contributed by atoms with Crippen molar-refractivity contribution in [2.24, 2.45) is 0 Å². The fourth-order valence-electron chi connectivity index (χ4n) is 1.77. The van der Waals surface area contributed by atoms with Crippen molar-refractivity contribution in [3.05, 3.63) is 0 Å². The molecule has 0 bridgehead atoms. The zero-order valence-electron chi connectivity index (χ0n) is 8.89. The second-order valence-corrected chi connectivity index (χ2v) is 5.78. The highest BCUT2D eigenvalue weighted by atomic mass is 32.2. The van der Waals surface area contributed by atoms with Gasteiger partial charge in [0.05, 0.1) is 6.61 Å². The predicted molar refractivity (Wildman–Crippen MR) is 65.3 cm³/mol. The molecule has 2 aliphatic heterocycles. The van der Waals surface area contributed by atoms with Crippen molar-refractivity contribution in [2.45, 2.75) is 16.8 Å². The summed E-state index contributed by atoms with van der Waals surface area (Å²) in [6, 6.07) is 0.453. The van der Waals surface area contributed by atoms with Gasteiger partial charge >= 0.3 is 0 Å². The Morgan fingerprint density at radius 2 is 2.33 bits per heavy atom. The number of methoxy groups -OCH3 is 1. The summed E-state index contributed by atoms with van der Waals surface area (Å²) in [5, 5.41) is 4.11. The summed E-state index contributed by atoms with van der Waals surface area (Å²) in [4.78, 5) is 2.42. The molecule has 2 heterocycles. The third kappa shape index (κ3) is 3.25. The monoisotopic (exact) mass is 250 g/mol. The summed E-state index contributed by atoms with van der Waals surface area (Å²) >= 11 is 6.36. The maximum atomic E-state index is 5.34. The number of thioether (sulfide) groups is 1. The van der Waals surface area contributed by atoms with Gasteiger partial charge in [-0.15, -0.1) is 11.8 Å². The molecule has 0 amide bonds. The second-order valence-electron chi connectivity index (χ2n) is 3.93. The smallest absolute Gasteiger partial charge is 0.146 e. The van der Waals surface area contributed by atoms with E-state index in [0.717, 1.165) is 25.4 Å². The van der Waals surface area contributed by atoms with Gasteiger partial charge in [-0.05, 0) is 0 Å². The number of rotatable bonds is 5. The van der Waals surface area contributed by atoms with Crippen LogP contribution in [0.3, 0.4) is 0 Å². The SMILES string of the molecule is COCOCC1CSC(N2CC(S)C2)N1. The van der Waals surface area contributed by atoms with E-state index in [4.69, 9.17) is 9.47 Å². The van der Waals surface area contributed by atoms with Gasteiger partial charge in [0.25, 0.3) is 0 Å². The molecule has 15 heavy (non-hydrogen) atoms. The van der Waals surface area contributed by atoms with Crippen LogP contribution in [-0.4, -0.2) is 61.0 Å². The molecule has 0 radical (unpaired) electrons. The summed E-state index contributed by atoms with van der Waals surface area (Å²) in [7, 11) is 1.65. The van der Waals surface area contributed by atoms with E-state index in [0.29, 0.717) is 23.6 Å². The highest BCUT2D eigenvalue weighted by molar-refractivity contribution is 8.00. The standard InChI is InChI=1S/C9H18N2O2S2/c1-12-6-13-4-7-5-15-9(10-7)11-2-8(14)3-11/h7-10,14H,2-6H2,1H3. The average molecular weight is 250 g/mol. The Kier molecular flexibility index (Phi) is 4.60. The Morgan fingerprint density at radius 3 is 3.00 bits per heavy atom. The van der Waals surface area contributed by atoms with Crippen LogP contribution in [0.15, 0.2) is 0 Å². The maximum absolute atomic E-state index is 5.34. The molecule has 2 saturated heterocycles. The molecule has 4 nitrogen and oxygen atoms in total. The number of nitrogens with one attached hydrogen (secondary N) is 1. The van der Waals surface area contributed by atoms with Gasteiger partial charge < -0.3 is 9.47 Å². The van der Waals surface area contributed by atoms with Crippen LogP contribution in [0.25, 0.3) is 0 Å². The quantitative estimate of drug-likeness (QED) is 0.414. The molecule has 88 valence electrons. The molecular weight excluding hydrogens is 232 g/mol. The van der Waals surface area contributed by atoms with Crippen molar-refractivity contribution < 1.29 is 9.47 Å². The van der Waals surface area contributed by atoms with Crippen molar-refractivity contribution in [3.63, 3.8) is 0 Å². The molecule has 0 aromatic carbocycles. The van der Waals surface area contributed by atoms with Crippen LogP contribution in [0.5, 0.6) is 0 Å². The number of hydrogen-bond acceptors (Lipinski definition) is 6. The van der Waals surface area contributed by atoms with Crippen LogP contribution in [0.1, 0.15) is 0 Å². The van der Waals surface area contributed by atoms with E-state index >= 15 is 0 Å². The number of hydrogen-bond donors (Lipinski definition) is 2. The number of nitrogens with zero attached hydrogens (tertiary/aromatic N) is 1. The van der Waals surface area contributed by atoms with Gasteiger partial charge in [0.15, 0.2) is 0 Å². The van der Waals surface area contributed by atoms with E-state index in [-0.39, 0.29) is 0 Å².